The Morgan fingerprint density at radius 2 is 2.16 bits per heavy atom. The number of likely N-dealkylation sites (tertiary alicyclic amines) is 1. The van der Waals surface area contributed by atoms with Gasteiger partial charge >= 0.3 is 5.97 Å². The Labute approximate surface area is 112 Å². The van der Waals surface area contributed by atoms with Crippen LogP contribution in [0.2, 0.25) is 0 Å². The first-order valence-corrected chi connectivity index (χ1v) is 6.45. The molecule has 1 aromatic rings. The van der Waals surface area contributed by atoms with Gasteiger partial charge in [-0.3, -0.25) is 9.69 Å². The summed E-state index contributed by atoms with van der Waals surface area (Å²) in [5.74, 6) is 0.643. The molecule has 1 aromatic carbocycles. The standard InChI is InChI=1S/C14H19NO4/c1-18-12-6-2-3-7-13(12)19-10-9-15-8-4-5-11(15)14(16)17/h2-3,6-7,11H,4-5,8-10H2,1H3,(H,16,17)/t11-/m1/s1. The molecule has 1 atom stereocenters. The lowest BCUT2D eigenvalue weighted by molar-refractivity contribution is -0.142. The van der Waals surface area contributed by atoms with Crippen molar-refractivity contribution in [2.24, 2.45) is 0 Å². The van der Waals surface area contributed by atoms with Crippen molar-refractivity contribution in [1.82, 2.24) is 4.90 Å². The van der Waals surface area contributed by atoms with Crippen LogP contribution in [0, 0.1) is 0 Å². The number of aliphatic carboxylic acids is 1. The molecule has 0 aromatic heterocycles. The quantitative estimate of drug-likeness (QED) is 0.847. The molecule has 0 aliphatic carbocycles. The normalized spacial score (nSPS) is 19.3. The van der Waals surface area contributed by atoms with E-state index in [1.165, 1.54) is 0 Å². The molecule has 0 spiro atoms. The van der Waals surface area contributed by atoms with Crippen LogP contribution in [-0.4, -0.2) is 48.8 Å². The van der Waals surface area contributed by atoms with Crippen LogP contribution in [0.1, 0.15) is 12.8 Å². The van der Waals surface area contributed by atoms with Gasteiger partial charge in [-0.1, -0.05) is 12.1 Å². The number of ether oxygens (including phenoxy) is 2. The molecule has 0 saturated carbocycles. The van der Waals surface area contributed by atoms with Crippen molar-refractivity contribution in [3.8, 4) is 11.5 Å². The fourth-order valence-corrected chi connectivity index (χ4v) is 2.38. The molecule has 19 heavy (non-hydrogen) atoms. The molecule has 0 unspecified atom stereocenters. The maximum Gasteiger partial charge on any atom is 0.320 e. The van der Waals surface area contributed by atoms with Crippen molar-refractivity contribution in [3.05, 3.63) is 24.3 Å². The highest BCUT2D eigenvalue weighted by molar-refractivity contribution is 5.73. The number of rotatable bonds is 6. The molecule has 1 aliphatic heterocycles. The Hall–Kier alpha value is -1.75. The highest BCUT2D eigenvalue weighted by Crippen LogP contribution is 2.26. The second-order valence-corrected chi connectivity index (χ2v) is 4.53. The molecule has 1 heterocycles. The zero-order chi connectivity index (χ0) is 13.7. The first kappa shape index (κ1) is 13.7. The van der Waals surface area contributed by atoms with Crippen molar-refractivity contribution < 1.29 is 19.4 Å². The Morgan fingerprint density at radius 1 is 1.42 bits per heavy atom. The predicted molar refractivity (Wildman–Crippen MR) is 70.7 cm³/mol. The lowest BCUT2D eigenvalue weighted by atomic mass is 10.2. The highest BCUT2D eigenvalue weighted by atomic mass is 16.5. The third-order valence-electron chi connectivity index (χ3n) is 3.35. The Bertz CT molecular complexity index is 435. The van der Waals surface area contributed by atoms with E-state index < -0.39 is 5.97 Å². The van der Waals surface area contributed by atoms with Crippen molar-refractivity contribution >= 4 is 5.97 Å². The number of para-hydroxylation sites is 2. The van der Waals surface area contributed by atoms with Gasteiger partial charge in [-0.05, 0) is 31.5 Å². The molecule has 5 nitrogen and oxygen atoms in total. The van der Waals surface area contributed by atoms with E-state index in [-0.39, 0.29) is 6.04 Å². The summed E-state index contributed by atoms with van der Waals surface area (Å²) in [6.07, 6.45) is 1.66. The molecule has 5 heteroatoms. The molecular formula is C14H19NO4. The van der Waals surface area contributed by atoms with Gasteiger partial charge in [-0.2, -0.15) is 0 Å². The van der Waals surface area contributed by atoms with E-state index in [1.807, 2.05) is 29.2 Å². The molecule has 2 rings (SSSR count). The van der Waals surface area contributed by atoms with Crippen molar-refractivity contribution in [2.75, 3.05) is 26.8 Å². The number of carboxylic acid groups (broad SMARTS) is 1. The molecule has 0 amide bonds. The summed E-state index contributed by atoms with van der Waals surface area (Å²) in [6.45, 7) is 1.91. The number of carbonyl (C=O) groups is 1. The Morgan fingerprint density at radius 3 is 2.84 bits per heavy atom. The van der Waals surface area contributed by atoms with Gasteiger partial charge in [-0.15, -0.1) is 0 Å². The first-order valence-electron chi connectivity index (χ1n) is 6.45. The van der Waals surface area contributed by atoms with Gasteiger partial charge in [0.15, 0.2) is 11.5 Å². The lowest BCUT2D eigenvalue weighted by Crippen LogP contribution is -2.38. The van der Waals surface area contributed by atoms with E-state index in [4.69, 9.17) is 14.6 Å². The molecule has 104 valence electrons. The smallest absolute Gasteiger partial charge is 0.320 e. The number of benzene rings is 1. The van der Waals surface area contributed by atoms with Crippen LogP contribution in [0.4, 0.5) is 0 Å². The van der Waals surface area contributed by atoms with Crippen LogP contribution in [0.15, 0.2) is 24.3 Å². The number of hydrogen-bond acceptors (Lipinski definition) is 4. The van der Waals surface area contributed by atoms with Gasteiger partial charge in [-0.25, -0.2) is 0 Å². The van der Waals surface area contributed by atoms with Gasteiger partial charge in [0.05, 0.1) is 7.11 Å². The molecule has 1 aliphatic rings. The SMILES string of the molecule is COc1ccccc1OCCN1CCC[C@@H]1C(=O)O. The maximum absolute atomic E-state index is 11.0. The van der Waals surface area contributed by atoms with E-state index in [0.29, 0.717) is 24.7 Å². The zero-order valence-corrected chi connectivity index (χ0v) is 11.0. The molecule has 1 saturated heterocycles. The van der Waals surface area contributed by atoms with Crippen LogP contribution in [0.5, 0.6) is 11.5 Å². The summed E-state index contributed by atoms with van der Waals surface area (Å²) in [6, 6.07) is 7.09. The minimum atomic E-state index is -0.741. The Kier molecular flexibility index (Phi) is 4.63. The number of hydrogen-bond donors (Lipinski definition) is 1. The number of nitrogens with zero attached hydrogens (tertiary/aromatic N) is 1. The number of methoxy groups -OCH3 is 1. The molecule has 1 fully saturated rings. The van der Waals surface area contributed by atoms with E-state index in [9.17, 15) is 4.79 Å². The molecule has 0 bridgehead atoms. The van der Waals surface area contributed by atoms with E-state index in [1.54, 1.807) is 7.11 Å². The first-order chi connectivity index (χ1) is 9.22. The third-order valence-corrected chi connectivity index (χ3v) is 3.35. The topological polar surface area (TPSA) is 59.0 Å². The Balaban J connectivity index is 1.85. The molecule has 0 radical (unpaired) electrons. The minimum Gasteiger partial charge on any atom is -0.493 e. The maximum atomic E-state index is 11.0. The lowest BCUT2D eigenvalue weighted by Gasteiger charge is -2.21. The monoisotopic (exact) mass is 265 g/mol. The summed E-state index contributed by atoms with van der Waals surface area (Å²) in [7, 11) is 1.60. The van der Waals surface area contributed by atoms with Crippen molar-refractivity contribution in [2.45, 2.75) is 18.9 Å². The summed E-state index contributed by atoms with van der Waals surface area (Å²) >= 11 is 0. The van der Waals surface area contributed by atoms with Gasteiger partial charge < -0.3 is 14.6 Å². The fourth-order valence-electron chi connectivity index (χ4n) is 2.38. The van der Waals surface area contributed by atoms with E-state index in [0.717, 1.165) is 19.4 Å². The summed E-state index contributed by atoms with van der Waals surface area (Å²) in [4.78, 5) is 13.0. The average Bonchev–Trinajstić information content (AvgIpc) is 2.88. The summed E-state index contributed by atoms with van der Waals surface area (Å²) in [5.41, 5.74) is 0. The second kappa shape index (κ2) is 6.43. The van der Waals surface area contributed by atoms with Gasteiger partial charge in [0, 0.05) is 6.54 Å². The van der Waals surface area contributed by atoms with Gasteiger partial charge in [0.2, 0.25) is 0 Å². The van der Waals surface area contributed by atoms with Crippen molar-refractivity contribution in [1.29, 1.82) is 0 Å². The third kappa shape index (κ3) is 3.38. The van der Waals surface area contributed by atoms with Crippen LogP contribution >= 0.6 is 0 Å². The van der Waals surface area contributed by atoms with Crippen LogP contribution in [-0.2, 0) is 4.79 Å². The largest absolute Gasteiger partial charge is 0.493 e. The predicted octanol–water partition coefficient (Wildman–Crippen LogP) is 1.62. The van der Waals surface area contributed by atoms with Crippen LogP contribution in [0.25, 0.3) is 0 Å². The minimum absolute atomic E-state index is 0.360. The van der Waals surface area contributed by atoms with Crippen LogP contribution < -0.4 is 9.47 Å². The molecule has 1 N–H and O–H groups in total. The zero-order valence-electron chi connectivity index (χ0n) is 11.0. The van der Waals surface area contributed by atoms with Gasteiger partial charge in [0.25, 0.3) is 0 Å². The number of carboxylic acids is 1. The molecular weight excluding hydrogens is 246 g/mol. The second-order valence-electron chi connectivity index (χ2n) is 4.53. The van der Waals surface area contributed by atoms with Crippen molar-refractivity contribution in [3.63, 3.8) is 0 Å². The van der Waals surface area contributed by atoms with Crippen LogP contribution in [0.3, 0.4) is 0 Å². The highest BCUT2D eigenvalue weighted by Gasteiger charge is 2.29. The summed E-state index contributed by atoms with van der Waals surface area (Å²) in [5, 5.41) is 9.08. The average molecular weight is 265 g/mol. The van der Waals surface area contributed by atoms with E-state index >= 15 is 0 Å². The van der Waals surface area contributed by atoms with E-state index in [2.05, 4.69) is 0 Å². The fraction of sp³-hybridized carbons (Fsp3) is 0.500. The summed E-state index contributed by atoms with van der Waals surface area (Å²) < 4.78 is 10.9. The van der Waals surface area contributed by atoms with Gasteiger partial charge in [0.1, 0.15) is 12.6 Å².